The van der Waals surface area contributed by atoms with Crippen molar-refractivity contribution in [1.29, 1.82) is 0 Å². The number of non-ortho nitro benzene ring substituents is 1. The molecule has 0 spiro atoms. The van der Waals surface area contributed by atoms with Crippen LogP contribution >= 0.6 is 0 Å². The summed E-state index contributed by atoms with van der Waals surface area (Å²) in [6, 6.07) is 11.1. The number of nitro groups is 1. The molecule has 0 unspecified atom stereocenters. The zero-order chi connectivity index (χ0) is 22.5. The Labute approximate surface area is 175 Å². The fourth-order valence-electron chi connectivity index (χ4n) is 2.89. The Bertz CT molecular complexity index is 1020. The van der Waals surface area contributed by atoms with E-state index >= 15 is 0 Å². The summed E-state index contributed by atoms with van der Waals surface area (Å²) in [5.74, 6) is 0.147. The summed E-state index contributed by atoms with van der Waals surface area (Å²) in [5.41, 5.74) is 0.727. The van der Waals surface area contributed by atoms with Gasteiger partial charge in [-0.2, -0.15) is 0 Å². The number of sulfonamides is 1. The van der Waals surface area contributed by atoms with Gasteiger partial charge in [0.1, 0.15) is 18.4 Å². The number of benzene rings is 2. The topological polar surface area (TPSA) is 119 Å². The number of hydrogen-bond donors (Lipinski definition) is 1. The van der Waals surface area contributed by atoms with Crippen LogP contribution in [0.5, 0.6) is 5.75 Å². The van der Waals surface area contributed by atoms with Gasteiger partial charge in [0.25, 0.3) is 5.69 Å². The Balaban J connectivity index is 2.13. The number of nitrogens with zero attached hydrogens (tertiary/aromatic N) is 2. The molecule has 0 aliphatic carbocycles. The molecule has 0 saturated heterocycles. The van der Waals surface area contributed by atoms with E-state index in [9.17, 15) is 23.3 Å². The Hall–Kier alpha value is -3.14. The molecule has 10 heteroatoms. The minimum absolute atomic E-state index is 0.0400. The molecule has 0 fully saturated rings. The Morgan fingerprint density at radius 1 is 1.20 bits per heavy atom. The van der Waals surface area contributed by atoms with Crippen molar-refractivity contribution in [2.75, 3.05) is 17.2 Å². The molecule has 1 amide bonds. The highest BCUT2D eigenvalue weighted by Crippen LogP contribution is 2.25. The van der Waals surface area contributed by atoms with Crippen LogP contribution in [0.1, 0.15) is 19.4 Å². The largest absolute Gasteiger partial charge is 0.491 e. The second-order valence-corrected chi connectivity index (χ2v) is 8.86. The SMILES string of the molecule is Cc1ccccc1OC[C@@H](C)NC(=O)[C@@H](C)N(c1cccc([N+](=O)[O-])c1)S(C)(=O)=O. The number of rotatable bonds is 9. The first kappa shape index (κ1) is 23.1. The third kappa shape index (κ3) is 5.93. The number of ether oxygens (including phenoxy) is 1. The molecule has 0 aromatic heterocycles. The molecular formula is C20H25N3O6S. The molecule has 0 saturated carbocycles. The van der Waals surface area contributed by atoms with E-state index in [-0.39, 0.29) is 18.0 Å². The maximum Gasteiger partial charge on any atom is 0.271 e. The van der Waals surface area contributed by atoms with E-state index in [0.29, 0.717) is 5.75 Å². The normalized spacial score (nSPS) is 13.2. The molecule has 2 rings (SSSR count). The summed E-state index contributed by atoms with van der Waals surface area (Å²) in [6.07, 6.45) is 0.945. The van der Waals surface area contributed by atoms with E-state index in [1.165, 1.54) is 25.1 Å². The summed E-state index contributed by atoms with van der Waals surface area (Å²) in [4.78, 5) is 23.1. The molecule has 30 heavy (non-hydrogen) atoms. The van der Waals surface area contributed by atoms with Crippen LogP contribution < -0.4 is 14.4 Å². The average Bonchev–Trinajstić information content (AvgIpc) is 2.66. The maximum atomic E-state index is 12.7. The minimum Gasteiger partial charge on any atom is -0.491 e. The standard InChI is InChI=1S/C20H25N3O6S/c1-14-8-5-6-11-19(14)29-13-15(2)21-20(24)16(3)22(30(4,27)28)17-9-7-10-18(12-17)23(25)26/h5-12,15-16H,13H2,1-4H3,(H,21,24)/t15-,16-/m1/s1. The molecule has 0 aliphatic rings. The van der Waals surface area contributed by atoms with Crippen LogP contribution in [0, 0.1) is 17.0 Å². The van der Waals surface area contributed by atoms with Crippen LogP contribution in [0.25, 0.3) is 0 Å². The smallest absolute Gasteiger partial charge is 0.271 e. The quantitative estimate of drug-likeness (QED) is 0.478. The Morgan fingerprint density at radius 3 is 2.47 bits per heavy atom. The third-order valence-electron chi connectivity index (χ3n) is 4.35. The second-order valence-electron chi connectivity index (χ2n) is 7.00. The zero-order valence-corrected chi connectivity index (χ0v) is 18.0. The van der Waals surface area contributed by atoms with Gasteiger partial charge in [-0.1, -0.05) is 24.3 Å². The van der Waals surface area contributed by atoms with E-state index in [1.54, 1.807) is 6.92 Å². The summed E-state index contributed by atoms with van der Waals surface area (Å²) in [6.45, 7) is 5.26. The van der Waals surface area contributed by atoms with E-state index in [4.69, 9.17) is 4.74 Å². The molecular weight excluding hydrogens is 410 g/mol. The summed E-state index contributed by atoms with van der Waals surface area (Å²) < 4.78 is 31.3. The van der Waals surface area contributed by atoms with Gasteiger partial charge < -0.3 is 10.1 Å². The molecule has 0 heterocycles. The highest BCUT2D eigenvalue weighted by molar-refractivity contribution is 7.92. The van der Waals surface area contributed by atoms with Gasteiger partial charge in [0.05, 0.1) is 22.9 Å². The van der Waals surface area contributed by atoms with Gasteiger partial charge in [0.15, 0.2) is 0 Å². The van der Waals surface area contributed by atoms with Crippen molar-refractivity contribution in [3.05, 3.63) is 64.2 Å². The Kier molecular flexibility index (Phi) is 7.38. The molecule has 0 aliphatic heterocycles. The van der Waals surface area contributed by atoms with Crippen molar-refractivity contribution in [2.45, 2.75) is 32.9 Å². The lowest BCUT2D eigenvalue weighted by atomic mass is 10.2. The molecule has 0 radical (unpaired) electrons. The summed E-state index contributed by atoms with van der Waals surface area (Å²) in [5, 5.41) is 13.8. The maximum absolute atomic E-state index is 12.7. The van der Waals surface area contributed by atoms with Gasteiger partial charge >= 0.3 is 0 Å². The number of carbonyl (C=O) groups is 1. The van der Waals surface area contributed by atoms with Gasteiger partial charge in [0.2, 0.25) is 15.9 Å². The predicted octanol–water partition coefficient (Wildman–Crippen LogP) is 2.64. The molecule has 2 atom stereocenters. The van der Waals surface area contributed by atoms with Gasteiger partial charge in [-0.15, -0.1) is 0 Å². The van der Waals surface area contributed by atoms with Crippen LogP contribution in [-0.4, -0.2) is 44.2 Å². The lowest BCUT2D eigenvalue weighted by Gasteiger charge is -2.29. The zero-order valence-electron chi connectivity index (χ0n) is 17.2. The van der Waals surface area contributed by atoms with Crippen LogP contribution in [0.15, 0.2) is 48.5 Å². The van der Waals surface area contributed by atoms with E-state index in [0.717, 1.165) is 22.2 Å². The van der Waals surface area contributed by atoms with Gasteiger partial charge in [-0.05, 0) is 38.5 Å². The number of aryl methyl sites for hydroxylation is 1. The van der Waals surface area contributed by atoms with Crippen LogP contribution in [-0.2, 0) is 14.8 Å². The molecule has 1 N–H and O–H groups in total. The van der Waals surface area contributed by atoms with E-state index in [2.05, 4.69) is 5.32 Å². The molecule has 162 valence electrons. The van der Waals surface area contributed by atoms with Crippen molar-refractivity contribution in [1.82, 2.24) is 5.32 Å². The number of para-hydroxylation sites is 1. The lowest BCUT2D eigenvalue weighted by molar-refractivity contribution is -0.384. The monoisotopic (exact) mass is 435 g/mol. The van der Waals surface area contributed by atoms with E-state index in [1.807, 2.05) is 31.2 Å². The highest BCUT2D eigenvalue weighted by atomic mass is 32.2. The predicted molar refractivity (Wildman–Crippen MR) is 114 cm³/mol. The van der Waals surface area contributed by atoms with Crippen molar-refractivity contribution in [3.63, 3.8) is 0 Å². The number of hydrogen-bond acceptors (Lipinski definition) is 6. The Morgan fingerprint density at radius 2 is 1.87 bits per heavy atom. The molecule has 2 aromatic rings. The first-order chi connectivity index (χ1) is 14.0. The highest BCUT2D eigenvalue weighted by Gasteiger charge is 2.30. The van der Waals surface area contributed by atoms with Crippen molar-refractivity contribution < 1.29 is 22.9 Å². The van der Waals surface area contributed by atoms with Crippen molar-refractivity contribution >= 4 is 27.3 Å². The number of anilines is 1. The molecule has 2 aromatic carbocycles. The summed E-state index contributed by atoms with van der Waals surface area (Å²) >= 11 is 0. The van der Waals surface area contributed by atoms with Crippen LogP contribution in [0.4, 0.5) is 11.4 Å². The fourth-order valence-corrected chi connectivity index (χ4v) is 4.06. The molecule has 0 bridgehead atoms. The van der Waals surface area contributed by atoms with Gasteiger partial charge in [-0.3, -0.25) is 19.2 Å². The third-order valence-corrected chi connectivity index (χ3v) is 5.60. The number of amides is 1. The van der Waals surface area contributed by atoms with Gasteiger partial charge in [0, 0.05) is 12.1 Å². The van der Waals surface area contributed by atoms with Crippen molar-refractivity contribution in [2.24, 2.45) is 0 Å². The summed E-state index contributed by atoms with van der Waals surface area (Å²) in [7, 11) is -3.88. The van der Waals surface area contributed by atoms with Crippen LogP contribution in [0.2, 0.25) is 0 Å². The average molecular weight is 436 g/mol. The van der Waals surface area contributed by atoms with Crippen LogP contribution in [0.3, 0.4) is 0 Å². The number of nitrogens with one attached hydrogen (secondary N) is 1. The number of nitro benzene ring substituents is 1. The van der Waals surface area contributed by atoms with E-state index < -0.39 is 32.9 Å². The van der Waals surface area contributed by atoms with Gasteiger partial charge in [-0.25, -0.2) is 8.42 Å². The first-order valence-electron chi connectivity index (χ1n) is 9.23. The van der Waals surface area contributed by atoms with Crippen molar-refractivity contribution in [3.8, 4) is 5.75 Å². The fraction of sp³-hybridized carbons (Fsp3) is 0.350. The first-order valence-corrected chi connectivity index (χ1v) is 11.1. The second kappa shape index (κ2) is 9.57. The number of carbonyl (C=O) groups excluding carboxylic acids is 1. The lowest BCUT2D eigenvalue weighted by Crippen LogP contribution is -2.50. The minimum atomic E-state index is -3.88. The molecule has 9 nitrogen and oxygen atoms in total.